The van der Waals surface area contributed by atoms with Gasteiger partial charge in [-0.3, -0.25) is 4.79 Å². The van der Waals surface area contributed by atoms with E-state index in [-0.39, 0.29) is 18.4 Å². The normalized spacial score (nSPS) is 23.7. The van der Waals surface area contributed by atoms with E-state index >= 15 is 0 Å². The van der Waals surface area contributed by atoms with E-state index in [9.17, 15) is 9.90 Å². The molecule has 1 aliphatic carbocycles. The zero-order valence-electron chi connectivity index (χ0n) is 12.5. The molecule has 2 fully saturated rings. The Morgan fingerprint density at radius 2 is 1.95 bits per heavy atom. The maximum Gasteiger partial charge on any atom is 0.246 e. The summed E-state index contributed by atoms with van der Waals surface area (Å²) in [5, 5.41) is 18.9. The second kappa shape index (κ2) is 5.05. The first-order valence-electron chi connectivity index (χ1n) is 7.94. The maximum atomic E-state index is 12.5. The molecule has 1 saturated heterocycles. The van der Waals surface area contributed by atoms with Crippen molar-refractivity contribution in [2.24, 2.45) is 5.92 Å². The van der Waals surface area contributed by atoms with Gasteiger partial charge in [-0.25, -0.2) is 0 Å². The number of amides is 1. The lowest BCUT2D eigenvalue weighted by Crippen LogP contribution is -2.45. The van der Waals surface area contributed by atoms with Gasteiger partial charge in [-0.15, -0.1) is 0 Å². The average molecular weight is 300 g/mol. The van der Waals surface area contributed by atoms with Gasteiger partial charge in [0.2, 0.25) is 5.91 Å². The van der Waals surface area contributed by atoms with Gasteiger partial charge < -0.3 is 10.0 Å². The summed E-state index contributed by atoms with van der Waals surface area (Å²) in [5.74, 6) is 0.268. The molecule has 1 aliphatic heterocycles. The fourth-order valence-electron chi connectivity index (χ4n) is 3.37. The van der Waals surface area contributed by atoms with Crippen molar-refractivity contribution in [1.29, 1.82) is 0 Å². The fourth-order valence-corrected chi connectivity index (χ4v) is 3.37. The third-order valence-corrected chi connectivity index (χ3v) is 4.90. The van der Waals surface area contributed by atoms with Crippen molar-refractivity contribution in [3.63, 3.8) is 0 Å². The first-order valence-corrected chi connectivity index (χ1v) is 7.94. The third kappa shape index (κ3) is 2.47. The van der Waals surface area contributed by atoms with Crippen LogP contribution in [0.15, 0.2) is 24.3 Å². The monoisotopic (exact) mass is 300 g/mol. The van der Waals surface area contributed by atoms with Crippen molar-refractivity contribution < 1.29 is 9.90 Å². The van der Waals surface area contributed by atoms with Gasteiger partial charge in [-0.2, -0.15) is 15.0 Å². The van der Waals surface area contributed by atoms with Crippen molar-refractivity contribution in [1.82, 2.24) is 19.9 Å². The van der Waals surface area contributed by atoms with Gasteiger partial charge in [0.25, 0.3) is 0 Å². The van der Waals surface area contributed by atoms with Crippen LogP contribution in [-0.4, -0.2) is 49.6 Å². The summed E-state index contributed by atoms with van der Waals surface area (Å²) in [5.41, 5.74) is 1.11. The van der Waals surface area contributed by atoms with E-state index in [1.807, 2.05) is 29.2 Å². The van der Waals surface area contributed by atoms with Gasteiger partial charge in [0.1, 0.15) is 17.6 Å². The van der Waals surface area contributed by atoms with E-state index in [4.69, 9.17) is 0 Å². The summed E-state index contributed by atoms with van der Waals surface area (Å²) < 4.78 is 0. The Morgan fingerprint density at radius 3 is 2.59 bits per heavy atom. The zero-order valence-corrected chi connectivity index (χ0v) is 12.5. The van der Waals surface area contributed by atoms with E-state index in [2.05, 4.69) is 10.2 Å². The lowest BCUT2D eigenvalue weighted by Gasteiger charge is -2.35. The minimum Gasteiger partial charge on any atom is -0.390 e. The lowest BCUT2D eigenvalue weighted by molar-refractivity contribution is -0.135. The third-order valence-electron chi connectivity index (χ3n) is 4.90. The number of nitrogens with zero attached hydrogens (tertiary/aromatic N) is 4. The Kier molecular flexibility index (Phi) is 3.14. The molecular weight excluding hydrogens is 280 g/mol. The van der Waals surface area contributed by atoms with Gasteiger partial charge in [0.15, 0.2) is 0 Å². The average Bonchev–Trinajstić information content (AvgIpc) is 3.15. The second-order valence-corrected chi connectivity index (χ2v) is 6.50. The zero-order chi connectivity index (χ0) is 15.2. The summed E-state index contributed by atoms with van der Waals surface area (Å²) >= 11 is 0. The maximum absolute atomic E-state index is 12.5. The van der Waals surface area contributed by atoms with Crippen LogP contribution in [0.3, 0.4) is 0 Å². The molecule has 1 aromatic carbocycles. The molecule has 2 aromatic rings. The molecule has 0 radical (unpaired) electrons. The molecule has 22 heavy (non-hydrogen) atoms. The highest BCUT2D eigenvalue weighted by molar-refractivity contribution is 5.77. The van der Waals surface area contributed by atoms with Crippen LogP contribution in [0.4, 0.5) is 0 Å². The van der Waals surface area contributed by atoms with Crippen LogP contribution >= 0.6 is 0 Å². The van der Waals surface area contributed by atoms with Crippen molar-refractivity contribution in [3.8, 4) is 0 Å². The molecular formula is C16H20N4O2. The number of fused-ring (bicyclic) bond motifs is 1. The number of hydrogen-bond donors (Lipinski definition) is 1. The summed E-state index contributed by atoms with van der Waals surface area (Å²) in [6, 6.07) is 7.61. The van der Waals surface area contributed by atoms with Crippen LogP contribution < -0.4 is 0 Å². The predicted molar refractivity (Wildman–Crippen MR) is 81.0 cm³/mol. The Balaban J connectivity index is 1.45. The first kappa shape index (κ1) is 13.7. The van der Waals surface area contributed by atoms with Gasteiger partial charge in [0.05, 0.1) is 5.60 Å². The topological polar surface area (TPSA) is 71.2 Å². The molecule has 1 amide bonds. The molecule has 0 spiro atoms. The fraction of sp³-hybridized carbons (Fsp3) is 0.562. The Hall–Kier alpha value is -1.95. The SMILES string of the molecule is O=C(Cn1nc2ccccc2n1)N1CCCC(C2(O)CC2)C1. The van der Waals surface area contributed by atoms with Crippen LogP contribution in [0.25, 0.3) is 11.0 Å². The van der Waals surface area contributed by atoms with Crippen LogP contribution in [0.2, 0.25) is 0 Å². The van der Waals surface area contributed by atoms with E-state index < -0.39 is 5.60 Å². The van der Waals surface area contributed by atoms with Crippen molar-refractivity contribution in [3.05, 3.63) is 24.3 Å². The number of rotatable bonds is 3. The lowest BCUT2D eigenvalue weighted by atomic mass is 9.90. The molecule has 2 heterocycles. The standard InChI is InChI=1S/C16H20N4O2/c21-15(11-20-17-13-5-1-2-6-14(13)18-20)19-9-3-4-12(10-19)16(22)7-8-16/h1-2,5-6,12,22H,3-4,7-11H2. The number of benzene rings is 1. The largest absolute Gasteiger partial charge is 0.390 e. The molecule has 6 nitrogen and oxygen atoms in total. The van der Waals surface area contributed by atoms with Gasteiger partial charge >= 0.3 is 0 Å². The molecule has 2 aliphatic rings. The van der Waals surface area contributed by atoms with E-state index in [0.717, 1.165) is 43.3 Å². The van der Waals surface area contributed by atoms with Crippen LogP contribution in [0.5, 0.6) is 0 Å². The molecule has 1 unspecified atom stereocenters. The molecule has 0 bridgehead atoms. The van der Waals surface area contributed by atoms with Gasteiger partial charge in [0, 0.05) is 19.0 Å². The summed E-state index contributed by atoms with van der Waals surface area (Å²) in [6.45, 7) is 1.60. The summed E-state index contributed by atoms with van der Waals surface area (Å²) in [7, 11) is 0. The van der Waals surface area contributed by atoms with Crippen molar-refractivity contribution >= 4 is 16.9 Å². The van der Waals surface area contributed by atoms with Gasteiger partial charge in [-0.1, -0.05) is 12.1 Å². The Labute approximate surface area is 128 Å². The smallest absolute Gasteiger partial charge is 0.246 e. The van der Waals surface area contributed by atoms with Crippen molar-refractivity contribution in [2.75, 3.05) is 13.1 Å². The van der Waals surface area contributed by atoms with Gasteiger partial charge in [-0.05, 0) is 37.8 Å². The predicted octanol–water partition coefficient (Wildman–Crippen LogP) is 1.19. The second-order valence-electron chi connectivity index (χ2n) is 6.50. The number of likely N-dealkylation sites (tertiary alicyclic amines) is 1. The molecule has 4 rings (SSSR count). The number of carbonyl (C=O) groups excluding carboxylic acids is 1. The molecule has 116 valence electrons. The number of hydrogen-bond acceptors (Lipinski definition) is 4. The van der Waals surface area contributed by atoms with Crippen LogP contribution in [0, 0.1) is 5.92 Å². The van der Waals surface area contributed by atoms with E-state index in [1.165, 1.54) is 4.80 Å². The molecule has 1 aromatic heterocycles. The number of piperidine rings is 1. The van der Waals surface area contributed by atoms with Crippen molar-refractivity contribution in [2.45, 2.75) is 37.8 Å². The van der Waals surface area contributed by atoms with Crippen LogP contribution in [0.1, 0.15) is 25.7 Å². The number of aromatic nitrogens is 3. The highest BCUT2D eigenvalue weighted by Gasteiger charge is 2.49. The molecule has 6 heteroatoms. The number of carbonyl (C=O) groups is 1. The Bertz CT molecular complexity index is 674. The summed E-state index contributed by atoms with van der Waals surface area (Å²) in [4.78, 5) is 15.8. The minimum absolute atomic E-state index is 0.0363. The minimum atomic E-state index is -0.502. The first-order chi connectivity index (χ1) is 10.6. The Morgan fingerprint density at radius 1 is 1.27 bits per heavy atom. The molecule has 1 saturated carbocycles. The van der Waals surface area contributed by atoms with E-state index in [0.29, 0.717) is 6.54 Å². The van der Waals surface area contributed by atoms with E-state index in [1.54, 1.807) is 0 Å². The number of aliphatic hydroxyl groups is 1. The highest BCUT2D eigenvalue weighted by Crippen LogP contribution is 2.45. The van der Waals surface area contributed by atoms with Crippen LogP contribution in [-0.2, 0) is 11.3 Å². The molecule has 1 atom stereocenters. The summed E-state index contributed by atoms with van der Waals surface area (Å²) in [6.07, 6.45) is 3.75. The molecule has 1 N–H and O–H groups in total. The highest BCUT2D eigenvalue weighted by atomic mass is 16.3. The quantitative estimate of drug-likeness (QED) is 0.924.